The SMILES string of the molecule is COC(=O)c1c(NC(=S)Nc2ccc(C)cc2O)sc2c1CC[C@H](C)C2. The number of carbonyl (C=O) groups excluding carboxylic acids is 1. The molecule has 3 rings (SSSR count). The molecule has 1 aliphatic rings. The van der Waals surface area contributed by atoms with Crippen LogP contribution in [0.3, 0.4) is 0 Å². The monoisotopic (exact) mass is 390 g/mol. The number of methoxy groups -OCH3 is 1. The first-order valence-electron chi connectivity index (χ1n) is 8.49. The maximum absolute atomic E-state index is 12.3. The van der Waals surface area contributed by atoms with Gasteiger partial charge in [-0.3, -0.25) is 0 Å². The predicted octanol–water partition coefficient (Wildman–Crippen LogP) is 4.48. The number of thiocarbonyl (C=S) groups is 1. The van der Waals surface area contributed by atoms with E-state index in [9.17, 15) is 9.90 Å². The number of ether oxygens (including phenoxy) is 1. The number of rotatable bonds is 3. The van der Waals surface area contributed by atoms with Crippen molar-refractivity contribution in [2.75, 3.05) is 17.7 Å². The zero-order chi connectivity index (χ0) is 18.8. The van der Waals surface area contributed by atoms with Gasteiger partial charge in [-0.05, 0) is 67.6 Å². The molecule has 1 aromatic heterocycles. The highest BCUT2D eigenvalue weighted by Gasteiger charge is 2.28. The maximum atomic E-state index is 12.3. The minimum Gasteiger partial charge on any atom is -0.506 e. The lowest BCUT2D eigenvalue weighted by atomic mass is 9.88. The van der Waals surface area contributed by atoms with E-state index in [0.29, 0.717) is 27.3 Å². The van der Waals surface area contributed by atoms with Crippen LogP contribution < -0.4 is 10.6 Å². The maximum Gasteiger partial charge on any atom is 0.341 e. The van der Waals surface area contributed by atoms with Crippen LogP contribution >= 0.6 is 23.6 Å². The summed E-state index contributed by atoms with van der Waals surface area (Å²) in [5, 5.41) is 17.1. The molecule has 138 valence electrons. The Labute approximate surface area is 162 Å². The van der Waals surface area contributed by atoms with E-state index in [1.807, 2.05) is 13.0 Å². The fourth-order valence-electron chi connectivity index (χ4n) is 3.16. The van der Waals surface area contributed by atoms with E-state index < -0.39 is 0 Å². The molecule has 1 heterocycles. The first-order chi connectivity index (χ1) is 12.4. The van der Waals surface area contributed by atoms with Crippen molar-refractivity contribution < 1.29 is 14.6 Å². The molecular formula is C19H22N2O3S2. The van der Waals surface area contributed by atoms with Gasteiger partial charge in [-0.25, -0.2) is 4.79 Å². The third-order valence-electron chi connectivity index (χ3n) is 4.53. The third-order valence-corrected chi connectivity index (χ3v) is 5.90. The van der Waals surface area contributed by atoms with Gasteiger partial charge in [0.15, 0.2) is 5.11 Å². The highest BCUT2D eigenvalue weighted by atomic mass is 32.1. The van der Waals surface area contributed by atoms with Gasteiger partial charge in [0, 0.05) is 4.88 Å². The van der Waals surface area contributed by atoms with E-state index in [1.54, 1.807) is 23.5 Å². The summed E-state index contributed by atoms with van der Waals surface area (Å²) in [5.74, 6) is 0.385. The number of anilines is 2. The highest BCUT2D eigenvalue weighted by molar-refractivity contribution is 7.80. The van der Waals surface area contributed by atoms with E-state index in [-0.39, 0.29) is 11.7 Å². The highest BCUT2D eigenvalue weighted by Crippen LogP contribution is 2.40. The van der Waals surface area contributed by atoms with E-state index in [2.05, 4.69) is 17.6 Å². The van der Waals surface area contributed by atoms with Crippen LogP contribution in [0.15, 0.2) is 18.2 Å². The van der Waals surface area contributed by atoms with Crippen LogP contribution in [-0.2, 0) is 17.6 Å². The Balaban J connectivity index is 1.84. The lowest BCUT2D eigenvalue weighted by Gasteiger charge is -2.18. The Hall–Kier alpha value is -2.12. The minimum atomic E-state index is -0.347. The Bertz CT molecular complexity index is 861. The standard InChI is InChI=1S/C19H22N2O3S2/c1-10-5-7-13(14(22)8-10)20-19(25)21-17-16(18(23)24-3)12-6-4-11(2)9-15(12)26-17/h5,7-8,11,22H,4,6,9H2,1-3H3,(H2,20,21,25)/t11-/m0/s1. The van der Waals surface area contributed by atoms with Crippen molar-refractivity contribution in [3.05, 3.63) is 39.8 Å². The van der Waals surface area contributed by atoms with Crippen LogP contribution in [0.5, 0.6) is 5.75 Å². The van der Waals surface area contributed by atoms with Crippen molar-refractivity contribution >= 4 is 45.3 Å². The average Bonchev–Trinajstić information content (AvgIpc) is 2.93. The quantitative estimate of drug-likeness (QED) is 0.408. The van der Waals surface area contributed by atoms with E-state index in [4.69, 9.17) is 17.0 Å². The lowest BCUT2D eigenvalue weighted by Crippen LogP contribution is -2.20. The number of nitrogens with one attached hydrogen (secondary N) is 2. The Morgan fingerprint density at radius 3 is 2.85 bits per heavy atom. The molecule has 0 spiro atoms. The minimum absolute atomic E-state index is 0.127. The predicted molar refractivity (Wildman–Crippen MR) is 110 cm³/mol. The number of phenolic OH excluding ortho intramolecular Hbond substituents is 1. The fraction of sp³-hybridized carbons (Fsp3) is 0.368. The fourth-order valence-corrected chi connectivity index (χ4v) is 4.84. The molecule has 0 amide bonds. The summed E-state index contributed by atoms with van der Waals surface area (Å²) in [6.07, 6.45) is 2.90. The molecule has 0 bridgehead atoms. The van der Waals surface area contributed by atoms with Crippen LogP contribution in [0.1, 0.15) is 39.7 Å². The summed E-state index contributed by atoms with van der Waals surface area (Å²) >= 11 is 6.93. The van der Waals surface area contributed by atoms with Gasteiger partial charge in [-0.2, -0.15) is 0 Å². The Kier molecular flexibility index (Phi) is 5.48. The molecule has 0 saturated carbocycles. The summed E-state index contributed by atoms with van der Waals surface area (Å²) in [4.78, 5) is 13.5. The van der Waals surface area contributed by atoms with Crippen LogP contribution in [0.4, 0.5) is 10.7 Å². The number of hydrogen-bond donors (Lipinski definition) is 3. The number of benzene rings is 1. The zero-order valence-electron chi connectivity index (χ0n) is 15.0. The zero-order valence-corrected chi connectivity index (χ0v) is 16.6. The molecule has 3 N–H and O–H groups in total. The van der Waals surface area contributed by atoms with E-state index in [0.717, 1.165) is 30.4 Å². The number of fused-ring (bicyclic) bond motifs is 1. The smallest absolute Gasteiger partial charge is 0.341 e. The molecule has 5 nitrogen and oxygen atoms in total. The summed E-state index contributed by atoms with van der Waals surface area (Å²) in [7, 11) is 1.39. The molecule has 7 heteroatoms. The Morgan fingerprint density at radius 1 is 1.38 bits per heavy atom. The van der Waals surface area contributed by atoms with Crippen LogP contribution in [0.25, 0.3) is 0 Å². The first-order valence-corrected chi connectivity index (χ1v) is 9.72. The third kappa shape index (κ3) is 3.83. The van der Waals surface area contributed by atoms with Crippen molar-refractivity contribution in [1.82, 2.24) is 0 Å². The second-order valence-corrected chi connectivity index (χ2v) is 8.16. The average molecular weight is 391 g/mol. The molecule has 1 aromatic carbocycles. The molecular weight excluding hydrogens is 368 g/mol. The van der Waals surface area contributed by atoms with Crippen LogP contribution in [0.2, 0.25) is 0 Å². The molecule has 0 radical (unpaired) electrons. The molecule has 1 atom stereocenters. The summed E-state index contributed by atoms with van der Waals surface area (Å²) in [6, 6.07) is 5.31. The second kappa shape index (κ2) is 7.63. The topological polar surface area (TPSA) is 70.6 Å². The first kappa shape index (κ1) is 18.7. The molecule has 1 aliphatic carbocycles. The number of aryl methyl sites for hydroxylation is 1. The Morgan fingerprint density at radius 2 is 2.15 bits per heavy atom. The van der Waals surface area contributed by atoms with Gasteiger partial charge in [0.2, 0.25) is 0 Å². The number of aromatic hydroxyl groups is 1. The van der Waals surface area contributed by atoms with Crippen molar-refractivity contribution in [2.24, 2.45) is 5.92 Å². The molecule has 0 aliphatic heterocycles. The van der Waals surface area contributed by atoms with Gasteiger partial charge < -0.3 is 20.5 Å². The lowest BCUT2D eigenvalue weighted by molar-refractivity contribution is 0.0601. The van der Waals surface area contributed by atoms with Crippen LogP contribution in [-0.4, -0.2) is 23.3 Å². The number of phenols is 1. The van der Waals surface area contributed by atoms with Gasteiger partial charge >= 0.3 is 5.97 Å². The van der Waals surface area contributed by atoms with Crippen molar-refractivity contribution in [3.8, 4) is 5.75 Å². The summed E-state index contributed by atoms with van der Waals surface area (Å²) in [6.45, 7) is 4.12. The van der Waals surface area contributed by atoms with Gasteiger partial charge in [0.25, 0.3) is 0 Å². The number of thiophene rings is 1. The summed E-state index contributed by atoms with van der Waals surface area (Å²) < 4.78 is 4.98. The van der Waals surface area contributed by atoms with Gasteiger partial charge in [0.1, 0.15) is 10.8 Å². The number of carbonyl (C=O) groups is 1. The number of esters is 1. The molecule has 0 unspecified atom stereocenters. The molecule has 0 fully saturated rings. The van der Waals surface area contributed by atoms with E-state index in [1.165, 1.54) is 12.0 Å². The van der Waals surface area contributed by atoms with Crippen LogP contribution in [0, 0.1) is 12.8 Å². The molecule has 2 aromatic rings. The normalized spacial score (nSPS) is 15.9. The summed E-state index contributed by atoms with van der Waals surface area (Å²) in [5.41, 5.74) is 3.13. The number of hydrogen-bond acceptors (Lipinski definition) is 5. The molecule has 26 heavy (non-hydrogen) atoms. The van der Waals surface area contributed by atoms with Gasteiger partial charge in [-0.1, -0.05) is 13.0 Å². The van der Waals surface area contributed by atoms with Gasteiger partial charge in [0.05, 0.1) is 18.4 Å². The van der Waals surface area contributed by atoms with Crippen molar-refractivity contribution in [1.29, 1.82) is 0 Å². The van der Waals surface area contributed by atoms with Crippen molar-refractivity contribution in [2.45, 2.75) is 33.1 Å². The van der Waals surface area contributed by atoms with Gasteiger partial charge in [-0.15, -0.1) is 11.3 Å². The van der Waals surface area contributed by atoms with E-state index >= 15 is 0 Å². The largest absolute Gasteiger partial charge is 0.506 e. The second-order valence-electron chi connectivity index (χ2n) is 6.65. The molecule has 0 saturated heterocycles. The van der Waals surface area contributed by atoms with Crippen molar-refractivity contribution in [3.63, 3.8) is 0 Å².